The molecule has 0 aliphatic heterocycles. The Hall–Kier alpha value is -0.470. The summed E-state index contributed by atoms with van der Waals surface area (Å²) < 4.78 is 41.4. The summed E-state index contributed by atoms with van der Waals surface area (Å²) in [7, 11) is 0. The van der Waals surface area contributed by atoms with E-state index in [9.17, 15) is 28.2 Å². The number of hydrogen-bond donors (Lipinski definition) is 2. The van der Waals surface area contributed by atoms with Crippen molar-refractivity contribution >= 4 is 17.7 Å². The average molecular weight is 485 g/mol. The number of carbonyl (C=O) groups excluding carboxylic acids is 1. The molecule has 4 nitrogen and oxygen atoms in total. The molecule has 0 heterocycles. The Labute approximate surface area is 196 Å². The Bertz CT molecular complexity index is 514. The summed E-state index contributed by atoms with van der Waals surface area (Å²) >= 11 is 1.73. The maximum absolute atomic E-state index is 12.2. The van der Waals surface area contributed by atoms with Gasteiger partial charge < -0.3 is 14.9 Å². The smallest absolute Gasteiger partial charge is 0.389 e. The molecule has 0 aromatic heterocycles. The molecule has 1 fully saturated rings. The lowest BCUT2D eigenvalue weighted by atomic mass is 9.97. The third kappa shape index (κ3) is 13.9. The second-order valence-corrected chi connectivity index (χ2v) is 10.7. The fraction of sp³-hybridized carbons (Fsp3) is 0.958. The van der Waals surface area contributed by atoms with E-state index in [1.165, 1.54) is 0 Å². The third-order valence-electron chi connectivity index (χ3n) is 6.23. The Kier molecular flexibility index (Phi) is 14.3. The molecular weight excluding hydrogens is 441 g/mol. The molecule has 0 bridgehead atoms. The molecule has 2 N–H and O–H groups in total. The SMILES string of the molecule is CCOC(=O)CCCCCCC1C(O)CCC1SCC(C)(O)CCCCCCC(F)(F)F. The van der Waals surface area contributed by atoms with E-state index in [2.05, 4.69) is 0 Å². The van der Waals surface area contributed by atoms with Gasteiger partial charge in [0, 0.05) is 23.8 Å². The van der Waals surface area contributed by atoms with Crippen molar-refractivity contribution in [3.63, 3.8) is 0 Å². The molecule has 0 amide bonds. The van der Waals surface area contributed by atoms with E-state index >= 15 is 0 Å². The maximum atomic E-state index is 12.2. The van der Waals surface area contributed by atoms with Crippen LogP contribution >= 0.6 is 11.8 Å². The van der Waals surface area contributed by atoms with Gasteiger partial charge in [0.05, 0.1) is 18.3 Å². The first-order valence-corrected chi connectivity index (χ1v) is 13.3. The highest BCUT2D eigenvalue weighted by atomic mass is 32.2. The molecule has 1 aliphatic rings. The van der Waals surface area contributed by atoms with Gasteiger partial charge in [-0.1, -0.05) is 38.5 Å². The Morgan fingerprint density at radius 2 is 1.62 bits per heavy atom. The number of unbranched alkanes of at least 4 members (excludes halogenated alkanes) is 6. The van der Waals surface area contributed by atoms with Crippen LogP contribution in [0.3, 0.4) is 0 Å². The summed E-state index contributed by atoms with van der Waals surface area (Å²) in [5.74, 6) is 0.690. The van der Waals surface area contributed by atoms with Crippen molar-refractivity contribution in [3.8, 4) is 0 Å². The summed E-state index contributed by atoms with van der Waals surface area (Å²) in [5, 5.41) is 21.4. The normalized spacial score (nSPS) is 23.3. The lowest BCUT2D eigenvalue weighted by Crippen LogP contribution is -2.30. The largest absolute Gasteiger partial charge is 0.466 e. The summed E-state index contributed by atoms with van der Waals surface area (Å²) in [6, 6.07) is 0. The van der Waals surface area contributed by atoms with Gasteiger partial charge in [-0.25, -0.2) is 0 Å². The van der Waals surface area contributed by atoms with E-state index in [4.69, 9.17) is 4.74 Å². The molecule has 190 valence electrons. The first-order chi connectivity index (χ1) is 15.0. The number of thioether (sulfide) groups is 1. The lowest BCUT2D eigenvalue weighted by Gasteiger charge is -2.27. The highest BCUT2D eigenvalue weighted by molar-refractivity contribution is 8.00. The van der Waals surface area contributed by atoms with Crippen LogP contribution in [0.25, 0.3) is 0 Å². The van der Waals surface area contributed by atoms with Gasteiger partial charge in [0.25, 0.3) is 0 Å². The van der Waals surface area contributed by atoms with Crippen LogP contribution in [0.5, 0.6) is 0 Å². The van der Waals surface area contributed by atoms with Gasteiger partial charge in [0.2, 0.25) is 0 Å². The Morgan fingerprint density at radius 1 is 1.00 bits per heavy atom. The second kappa shape index (κ2) is 15.4. The van der Waals surface area contributed by atoms with Crippen molar-refractivity contribution in [1.82, 2.24) is 0 Å². The molecule has 32 heavy (non-hydrogen) atoms. The third-order valence-corrected chi connectivity index (χ3v) is 8.03. The van der Waals surface area contributed by atoms with Crippen molar-refractivity contribution < 1.29 is 32.9 Å². The molecule has 4 unspecified atom stereocenters. The zero-order chi connectivity index (χ0) is 24.0. The zero-order valence-electron chi connectivity index (χ0n) is 19.8. The van der Waals surface area contributed by atoms with Gasteiger partial charge in [-0.2, -0.15) is 24.9 Å². The lowest BCUT2D eigenvalue weighted by molar-refractivity contribution is -0.143. The number of aliphatic hydroxyl groups is 2. The van der Waals surface area contributed by atoms with E-state index in [-0.39, 0.29) is 24.4 Å². The topological polar surface area (TPSA) is 66.8 Å². The Morgan fingerprint density at radius 3 is 2.28 bits per heavy atom. The van der Waals surface area contributed by atoms with E-state index < -0.39 is 18.2 Å². The van der Waals surface area contributed by atoms with E-state index in [0.717, 1.165) is 51.4 Å². The van der Waals surface area contributed by atoms with E-state index in [1.807, 2.05) is 6.92 Å². The minimum Gasteiger partial charge on any atom is -0.466 e. The van der Waals surface area contributed by atoms with Gasteiger partial charge in [0.1, 0.15) is 0 Å². The fourth-order valence-corrected chi connectivity index (χ4v) is 5.96. The van der Waals surface area contributed by atoms with Crippen molar-refractivity contribution in [2.75, 3.05) is 12.4 Å². The van der Waals surface area contributed by atoms with Crippen molar-refractivity contribution in [3.05, 3.63) is 0 Å². The first-order valence-electron chi connectivity index (χ1n) is 12.3. The number of esters is 1. The zero-order valence-corrected chi connectivity index (χ0v) is 20.6. The highest BCUT2D eigenvalue weighted by Crippen LogP contribution is 2.40. The van der Waals surface area contributed by atoms with E-state index in [1.54, 1.807) is 18.7 Å². The molecule has 0 spiro atoms. The standard InChI is InChI=1S/C24H43F3O4S/c1-3-31-22(29)13-9-5-4-8-12-19-20(28)14-15-21(19)32-18-23(2,30)16-10-6-7-11-17-24(25,26)27/h19-21,28,30H,3-18H2,1-2H3. The van der Waals surface area contributed by atoms with Crippen LogP contribution in [-0.2, 0) is 9.53 Å². The minimum absolute atomic E-state index is 0.136. The predicted octanol–water partition coefficient (Wildman–Crippen LogP) is 6.42. The molecule has 0 aromatic rings. The summed E-state index contributed by atoms with van der Waals surface area (Å²) in [4.78, 5) is 11.4. The van der Waals surface area contributed by atoms with Crippen LogP contribution < -0.4 is 0 Å². The van der Waals surface area contributed by atoms with Crippen LogP contribution in [0.2, 0.25) is 0 Å². The van der Waals surface area contributed by atoms with Gasteiger partial charge in [0.15, 0.2) is 0 Å². The molecule has 0 saturated heterocycles. The van der Waals surface area contributed by atoms with Crippen molar-refractivity contribution in [2.24, 2.45) is 5.92 Å². The number of rotatable bonds is 17. The summed E-state index contributed by atoms with van der Waals surface area (Å²) in [6.45, 7) is 4.04. The maximum Gasteiger partial charge on any atom is 0.389 e. The van der Waals surface area contributed by atoms with Crippen LogP contribution in [0, 0.1) is 5.92 Å². The van der Waals surface area contributed by atoms with Gasteiger partial charge in [-0.3, -0.25) is 4.79 Å². The molecule has 1 rings (SSSR count). The fourth-order valence-electron chi connectivity index (χ4n) is 4.38. The first kappa shape index (κ1) is 29.6. The van der Waals surface area contributed by atoms with Gasteiger partial charge in [-0.05, 0) is 58.3 Å². The molecule has 8 heteroatoms. The van der Waals surface area contributed by atoms with E-state index in [0.29, 0.717) is 43.3 Å². The van der Waals surface area contributed by atoms with Crippen molar-refractivity contribution in [2.45, 2.75) is 127 Å². The highest BCUT2D eigenvalue weighted by Gasteiger charge is 2.36. The van der Waals surface area contributed by atoms with Crippen LogP contribution in [0.4, 0.5) is 13.2 Å². The monoisotopic (exact) mass is 484 g/mol. The quantitative estimate of drug-likeness (QED) is 0.184. The van der Waals surface area contributed by atoms with Crippen LogP contribution in [0.15, 0.2) is 0 Å². The summed E-state index contributed by atoms with van der Waals surface area (Å²) in [6.07, 6.45) is 4.69. The number of alkyl halides is 3. The average Bonchev–Trinajstić information content (AvgIpc) is 3.05. The number of ether oxygens (including phenoxy) is 1. The van der Waals surface area contributed by atoms with Gasteiger partial charge >= 0.3 is 12.1 Å². The Balaban J connectivity index is 2.20. The number of halogens is 3. The van der Waals surface area contributed by atoms with Gasteiger partial charge in [-0.15, -0.1) is 0 Å². The second-order valence-electron chi connectivity index (χ2n) is 9.44. The number of hydrogen-bond acceptors (Lipinski definition) is 5. The molecule has 0 radical (unpaired) electrons. The molecule has 0 aromatic carbocycles. The van der Waals surface area contributed by atoms with Crippen LogP contribution in [-0.4, -0.2) is 51.7 Å². The molecular formula is C24H43F3O4S. The number of aliphatic hydroxyl groups excluding tert-OH is 1. The minimum atomic E-state index is -4.08. The summed E-state index contributed by atoms with van der Waals surface area (Å²) in [5.41, 5.74) is -0.833. The van der Waals surface area contributed by atoms with Crippen LogP contribution in [0.1, 0.15) is 104 Å². The predicted molar refractivity (Wildman–Crippen MR) is 124 cm³/mol. The molecule has 1 saturated carbocycles. The molecule has 1 aliphatic carbocycles. The number of carbonyl (C=O) groups is 1. The molecule has 4 atom stereocenters. The van der Waals surface area contributed by atoms with Crippen molar-refractivity contribution in [1.29, 1.82) is 0 Å².